The van der Waals surface area contributed by atoms with Gasteiger partial charge in [-0.05, 0) is 31.2 Å². The lowest BCUT2D eigenvalue weighted by atomic mass is 10.1. The quantitative estimate of drug-likeness (QED) is 0.288. The van der Waals surface area contributed by atoms with Crippen molar-refractivity contribution in [1.29, 1.82) is 0 Å². The molecule has 4 rings (SSSR count). The smallest absolute Gasteiger partial charge is 0.331 e. The number of nitrogens with zero attached hydrogens (tertiary/aromatic N) is 1. The molecule has 0 atom stereocenters. The number of rotatable bonds is 5. The van der Waals surface area contributed by atoms with Gasteiger partial charge < -0.3 is 9.15 Å². The number of fused-ring (bicyclic) bond motifs is 2. The third kappa shape index (κ3) is 3.55. The summed E-state index contributed by atoms with van der Waals surface area (Å²) in [6.07, 6.45) is 2.82. The predicted octanol–water partition coefficient (Wildman–Crippen LogP) is 4.73. The van der Waals surface area contributed by atoms with E-state index in [0.717, 1.165) is 21.9 Å². The Morgan fingerprint density at radius 1 is 1.04 bits per heavy atom. The first-order valence-corrected chi connectivity index (χ1v) is 8.84. The molecule has 2 heterocycles. The van der Waals surface area contributed by atoms with Crippen LogP contribution in [0, 0.1) is 6.92 Å². The third-order valence-electron chi connectivity index (χ3n) is 4.45. The highest BCUT2D eigenvalue weighted by atomic mass is 16.5. The van der Waals surface area contributed by atoms with Crippen LogP contribution in [0.15, 0.2) is 71.2 Å². The molecule has 0 amide bonds. The number of furan rings is 1. The zero-order chi connectivity index (χ0) is 19.5. The molecule has 0 bridgehead atoms. The molecule has 2 aromatic carbocycles. The van der Waals surface area contributed by atoms with E-state index in [-0.39, 0.29) is 18.2 Å². The van der Waals surface area contributed by atoms with Crippen molar-refractivity contribution >= 4 is 39.7 Å². The van der Waals surface area contributed by atoms with E-state index in [1.165, 1.54) is 6.08 Å². The summed E-state index contributed by atoms with van der Waals surface area (Å²) in [5.41, 5.74) is 2.85. The highest BCUT2D eigenvalue weighted by Gasteiger charge is 2.18. The summed E-state index contributed by atoms with van der Waals surface area (Å²) in [4.78, 5) is 28.8. The number of carbonyl (C=O) groups excluding carboxylic acids is 2. The lowest BCUT2D eigenvalue weighted by molar-refractivity contribution is -0.136. The van der Waals surface area contributed by atoms with E-state index in [2.05, 4.69) is 4.98 Å². The average molecular weight is 371 g/mol. The van der Waals surface area contributed by atoms with Crippen LogP contribution in [0.3, 0.4) is 0 Å². The molecule has 0 N–H and O–H groups in total. The van der Waals surface area contributed by atoms with E-state index in [1.807, 2.05) is 61.5 Å². The van der Waals surface area contributed by atoms with Gasteiger partial charge in [0, 0.05) is 22.4 Å². The van der Waals surface area contributed by atoms with Crippen molar-refractivity contribution in [1.82, 2.24) is 4.98 Å². The molecule has 4 aromatic rings. The number of Topliss-reactive ketones (excluding diaryl/α,β-unsaturated/α-hetero) is 1. The molecule has 5 heteroatoms. The van der Waals surface area contributed by atoms with E-state index in [4.69, 9.17) is 9.15 Å². The summed E-state index contributed by atoms with van der Waals surface area (Å²) in [5, 5.41) is 1.90. The highest BCUT2D eigenvalue weighted by molar-refractivity contribution is 6.02. The second-order valence-electron chi connectivity index (χ2n) is 6.35. The fraction of sp³-hybridized carbons (Fsp3) is 0.0870. The lowest BCUT2D eigenvalue weighted by Gasteiger charge is -2.01. The van der Waals surface area contributed by atoms with Crippen molar-refractivity contribution in [3.63, 3.8) is 0 Å². The fourth-order valence-corrected chi connectivity index (χ4v) is 3.02. The number of esters is 1. The standard InChI is InChI=1S/C23H17NO4/c1-15-18-7-3-5-9-21(18)28-23(15)20(25)14-27-22(26)13-12-17-11-10-16-6-2-4-8-19(16)24-17/h2-13H,14H2,1H3/b13-12+. The number of para-hydroxylation sites is 2. The first-order valence-electron chi connectivity index (χ1n) is 8.84. The molecule has 0 spiro atoms. The van der Waals surface area contributed by atoms with Gasteiger partial charge >= 0.3 is 5.97 Å². The maximum Gasteiger partial charge on any atom is 0.331 e. The Kier molecular flexibility index (Phi) is 4.72. The molecule has 0 saturated heterocycles. The van der Waals surface area contributed by atoms with E-state index in [0.29, 0.717) is 11.3 Å². The molecule has 0 aliphatic rings. The van der Waals surface area contributed by atoms with Gasteiger partial charge in [-0.3, -0.25) is 4.79 Å². The number of aromatic nitrogens is 1. The maximum absolute atomic E-state index is 12.4. The summed E-state index contributed by atoms with van der Waals surface area (Å²) in [6, 6.07) is 18.9. The minimum absolute atomic E-state index is 0.217. The summed E-state index contributed by atoms with van der Waals surface area (Å²) in [7, 11) is 0. The molecular weight excluding hydrogens is 354 g/mol. The second kappa shape index (κ2) is 7.48. The second-order valence-corrected chi connectivity index (χ2v) is 6.35. The number of hydrogen-bond donors (Lipinski definition) is 0. The van der Waals surface area contributed by atoms with Gasteiger partial charge in [0.2, 0.25) is 5.78 Å². The van der Waals surface area contributed by atoms with Crippen molar-refractivity contribution in [2.24, 2.45) is 0 Å². The van der Waals surface area contributed by atoms with Crippen LogP contribution in [0.25, 0.3) is 27.9 Å². The van der Waals surface area contributed by atoms with Crippen molar-refractivity contribution in [3.8, 4) is 0 Å². The average Bonchev–Trinajstić information content (AvgIpc) is 3.07. The zero-order valence-electron chi connectivity index (χ0n) is 15.2. The van der Waals surface area contributed by atoms with Gasteiger partial charge in [0.25, 0.3) is 0 Å². The lowest BCUT2D eigenvalue weighted by Crippen LogP contribution is -2.12. The normalized spacial score (nSPS) is 11.3. The van der Waals surface area contributed by atoms with Gasteiger partial charge in [-0.2, -0.15) is 0 Å². The molecule has 0 fully saturated rings. The topological polar surface area (TPSA) is 69.4 Å². The minimum Gasteiger partial charge on any atom is -0.454 e. The van der Waals surface area contributed by atoms with Gasteiger partial charge in [0.1, 0.15) is 5.58 Å². The monoisotopic (exact) mass is 371 g/mol. The molecule has 0 aliphatic carbocycles. The SMILES string of the molecule is Cc1c(C(=O)COC(=O)/C=C/c2ccc3ccccc3n2)oc2ccccc12. The largest absolute Gasteiger partial charge is 0.454 e. The minimum atomic E-state index is -0.614. The Hall–Kier alpha value is -3.73. The number of ether oxygens (including phenoxy) is 1. The van der Waals surface area contributed by atoms with Gasteiger partial charge in [0.15, 0.2) is 12.4 Å². The number of aryl methyl sites for hydroxylation is 1. The Labute approximate surface area is 161 Å². The van der Waals surface area contributed by atoms with E-state index >= 15 is 0 Å². The fourth-order valence-electron chi connectivity index (χ4n) is 3.02. The molecule has 2 aromatic heterocycles. The van der Waals surface area contributed by atoms with Crippen LogP contribution in [-0.2, 0) is 9.53 Å². The van der Waals surface area contributed by atoms with Crippen LogP contribution in [0.4, 0.5) is 0 Å². The molecule has 0 unspecified atom stereocenters. The molecule has 0 saturated carbocycles. The first kappa shape index (κ1) is 17.7. The van der Waals surface area contributed by atoms with Gasteiger partial charge in [-0.25, -0.2) is 9.78 Å². The van der Waals surface area contributed by atoms with E-state index in [1.54, 1.807) is 12.1 Å². The number of carbonyl (C=O) groups is 2. The van der Waals surface area contributed by atoms with Crippen molar-refractivity contribution in [2.45, 2.75) is 6.92 Å². The van der Waals surface area contributed by atoms with Crippen molar-refractivity contribution < 1.29 is 18.7 Å². The molecule has 5 nitrogen and oxygen atoms in total. The molecular formula is C23H17NO4. The van der Waals surface area contributed by atoms with E-state index in [9.17, 15) is 9.59 Å². The van der Waals surface area contributed by atoms with Gasteiger partial charge in [0.05, 0.1) is 11.2 Å². The summed E-state index contributed by atoms with van der Waals surface area (Å²) in [6.45, 7) is 1.43. The third-order valence-corrected chi connectivity index (χ3v) is 4.45. The Balaban J connectivity index is 1.41. The number of hydrogen-bond acceptors (Lipinski definition) is 5. The Morgan fingerprint density at radius 2 is 1.82 bits per heavy atom. The van der Waals surface area contributed by atoms with Crippen molar-refractivity contribution in [3.05, 3.63) is 83.8 Å². The molecule has 28 heavy (non-hydrogen) atoms. The van der Waals surface area contributed by atoms with Crippen LogP contribution in [0.5, 0.6) is 0 Å². The highest BCUT2D eigenvalue weighted by Crippen LogP contribution is 2.25. The van der Waals surface area contributed by atoms with Crippen LogP contribution >= 0.6 is 0 Å². The van der Waals surface area contributed by atoms with Crippen LogP contribution in [0.1, 0.15) is 21.8 Å². The zero-order valence-corrected chi connectivity index (χ0v) is 15.2. The van der Waals surface area contributed by atoms with Crippen LogP contribution < -0.4 is 0 Å². The summed E-state index contributed by atoms with van der Waals surface area (Å²) >= 11 is 0. The first-order chi connectivity index (χ1) is 13.6. The number of benzene rings is 2. The Bertz CT molecular complexity index is 1220. The van der Waals surface area contributed by atoms with Gasteiger partial charge in [-0.1, -0.05) is 42.5 Å². The van der Waals surface area contributed by atoms with Gasteiger partial charge in [-0.15, -0.1) is 0 Å². The van der Waals surface area contributed by atoms with Crippen LogP contribution in [0.2, 0.25) is 0 Å². The summed E-state index contributed by atoms with van der Waals surface area (Å²) < 4.78 is 10.6. The predicted molar refractivity (Wildman–Crippen MR) is 107 cm³/mol. The molecule has 0 aliphatic heterocycles. The molecule has 0 radical (unpaired) electrons. The molecule has 138 valence electrons. The van der Waals surface area contributed by atoms with E-state index < -0.39 is 5.97 Å². The maximum atomic E-state index is 12.4. The summed E-state index contributed by atoms with van der Waals surface area (Å²) in [5.74, 6) is -0.773. The van der Waals surface area contributed by atoms with Crippen molar-refractivity contribution in [2.75, 3.05) is 6.61 Å². The van der Waals surface area contributed by atoms with Crippen LogP contribution in [-0.4, -0.2) is 23.3 Å². The number of ketones is 1. The Morgan fingerprint density at radius 3 is 2.68 bits per heavy atom. The number of pyridine rings is 1.